The first-order chi connectivity index (χ1) is 13.1. The fourth-order valence-corrected chi connectivity index (χ4v) is 2.29. The minimum atomic E-state index is -0.355. The lowest BCUT2D eigenvalue weighted by Crippen LogP contribution is -2.32. The van der Waals surface area contributed by atoms with E-state index >= 15 is 0 Å². The number of hydrogen-bond acceptors (Lipinski definition) is 7. The van der Waals surface area contributed by atoms with Crippen molar-refractivity contribution in [2.45, 2.75) is 32.6 Å². The summed E-state index contributed by atoms with van der Waals surface area (Å²) in [5.41, 5.74) is 0. The van der Waals surface area contributed by atoms with Crippen molar-refractivity contribution in [3.8, 4) is 0 Å². The van der Waals surface area contributed by atoms with Crippen LogP contribution in [0.2, 0.25) is 0 Å². The first-order valence-corrected chi connectivity index (χ1v) is 9.51. The van der Waals surface area contributed by atoms with Crippen LogP contribution in [0.5, 0.6) is 0 Å². The summed E-state index contributed by atoms with van der Waals surface area (Å²) in [7, 11) is 0. The van der Waals surface area contributed by atoms with Crippen LogP contribution in [0.3, 0.4) is 0 Å². The van der Waals surface area contributed by atoms with Gasteiger partial charge < -0.3 is 18.9 Å². The van der Waals surface area contributed by atoms with Crippen molar-refractivity contribution >= 4 is 17.6 Å². The fourth-order valence-electron chi connectivity index (χ4n) is 2.29. The van der Waals surface area contributed by atoms with Crippen LogP contribution in [0.15, 0.2) is 12.2 Å². The molecule has 0 aromatic carbocycles. The van der Waals surface area contributed by atoms with Crippen LogP contribution < -0.4 is 0 Å². The summed E-state index contributed by atoms with van der Waals surface area (Å²) in [4.78, 5) is 35.5. The number of amides is 2. The molecule has 0 saturated heterocycles. The Morgan fingerprint density at radius 2 is 1.26 bits per heavy atom. The number of imide groups is 1. The third kappa shape index (κ3) is 11.7. The van der Waals surface area contributed by atoms with Crippen molar-refractivity contribution in [3.63, 3.8) is 0 Å². The highest BCUT2D eigenvalue weighted by Gasteiger charge is 2.23. The van der Waals surface area contributed by atoms with Gasteiger partial charge in [-0.1, -0.05) is 6.92 Å². The summed E-state index contributed by atoms with van der Waals surface area (Å²) < 4.78 is 21.4. The second-order valence-corrected chi connectivity index (χ2v) is 6.00. The van der Waals surface area contributed by atoms with E-state index in [-0.39, 0.29) is 30.6 Å². The van der Waals surface area contributed by atoms with Crippen molar-refractivity contribution in [1.82, 2.24) is 4.90 Å². The number of nitrogens with zero attached hydrogens (tertiary/aromatic N) is 1. The first-order valence-electron chi connectivity index (χ1n) is 9.51. The number of carbonyl (C=O) groups excluding carboxylic acids is 3. The van der Waals surface area contributed by atoms with Gasteiger partial charge in [-0.2, -0.15) is 0 Å². The minimum absolute atomic E-state index is 0.0161. The number of hydrogen-bond donors (Lipinski definition) is 0. The van der Waals surface area contributed by atoms with Crippen molar-refractivity contribution in [1.29, 1.82) is 0 Å². The third-order valence-corrected chi connectivity index (χ3v) is 3.72. The van der Waals surface area contributed by atoms with E-state index in [9.17, 15) is 14.4 Å². The van der Waals surface area contributed by atoms with Gasteiger partial charge in [-0.3, -0.25) is 19.3 Å². The van der Waals surface area contributed by atoms with Crippen molar-refractivity contribution in [2.75, 3.05) is 59.4 Å². The van der Waals surface area contributed by atoms with Gasteiger partial charge in [-0.25, -0.2) is 0 Å². The van der Waals surface area contributed by atoms with Gasteiger partial charge in [0.25, 0.3) is 11.8 Å². The number of ketones is 1. The Kier molecular flexibility index (Phi) is 13.4. The molecule has 1 heterocycles. The Hall–Kier alpha value is -1.61. The molecule has 0 aromatic rings. The lowest BCUT2D eigenvalue weighted by atomic mass is 10.1. The lowest BCUT2D eigenvalue weighted by molar-refractivity contribution is -0.137. The Morgan fingerprint density at radius 3 is 1.78 bits per heavy atom. The van der Waals surface area contributed by atoms with Gasteiger partial charge in [-0.15, -0.1) is 0 Å². The molecular formula is C19H31NO7. The number of rotatable bonds is 18. The molecule has 0 aliphatic carbocycles. The van der Waals surface area contributed by atoms with Crippen LogP contribution >= 0.6 is 0 Å². The first kappa shape index (κ1) is 23.4. The van der Waals surface area contributed by atoms with Gasteiger partial charge in [-0.05, 0) is 12.8 Å². The SMILES string of the molecule is CCCOCCOCCOCCOCCCC(=O)CCN1C(=O)C=CC1=O. The molecule has 0 radical (unpaired) electrons. The number of ether oxygens (including phenoxy) is 4. The van der Waals surface area contributed by atoms with Crippen LogP contribution in [0, 0.1) is 0 Å². The normalized spacial score (nSPS) is 13.7. The van der Waals surface area contributed by atoms with Gasteiger partial charge in [0.1, 0.15) is 5.78 Å². The van der Waals surface area contributed by atoms with Crippen LogP contribution in [0.1, 0.15) is 32.6 Å². The summed E-state index contributed by atoms with van der Waals surface area (Å²) in [6.45, 7) is 6.62. The van der Waals surface area contributed by atoms with Gasteiger partial charge in [0.2, 0.25) is 0 Å². The molecule has 0 bridgehead atoms. The second-order valence-electron chi connectivity index (χ2n) is 6.00. The molecule has 0 spiro atoms. The molecule has 0 N–H and O–H groups in total. The predicted molar refractivity (Wildman–Crippen MR) is 98.3 cm³/mol. The van der Waals surface area contributed by atoms with Crippen LogP contribution in [0.4, 0.5) is 0 Å². The van der Waals surface area contributed by atoms with Crippen molar-refractivity contribution < 1.29 is 33.3 Å². The fraction of sp³-hybridized carbons (Fsp3) is 0.737. The van der Waals surface area contributed by atoms with E-state index in [1.165, 1.54) is 12.2 Å². The number of carbonyl (C=O) groups is 3. The lowest BCUT2D eigenvalue weighted by Gasteiger charge is -2.12. The highest BCUT2D eigenvalue weighted by molar-refractivity contribution is 6.13. The van der Waals surface area contributed by atoms with Crippen LogP contribution in [0.25, 0.3) is 0 Å². The quantitative estimate of drug-likeness (QED) is 0.258. The van der Waals surface area contributed by atoms with E-state index in [0.29, 0.717) is 59.1 Å². The zero-order valence-electron chi connectivity index (χ0n) is 16.2. The van der Waals surface area contributed by atoms with E-state index in [4.69, 9.17) is 18.9 Å². The molecule has 8 nitrogen and oxygen atoms in total. The molecule has 1 rings (SSSR count). The highest BCUT2D eigenvalue weighted by atomic mass is 16.6. The van der Waals surface area contributed by atoms with E-state index in [1.807, 2.05) is 0 Å². The second kappa shape index (κ2) is 15.4. The highest BCUT2D eigenvalue weighted by Crippen LogP contribution is 2.06. The molecule has 1 aliphatic rings. The van der Waals surface area contributed by atoms with Crippen molar-refractivity contribution in [2.24, 2.45) is 0 Å². The Labute approximate surface area is 160 Å². The monoisotopic (exact) mass is 385 g/mol. The molecule has 2 amide bonds. The van der Waals surface area contributed by atoms with Crippen LogP contribution in [-0.4, -0.2) is 81.9 Å². The van der Waals surface area contributed by atoms with Gasteiger partial charge in [0.15, 0.2) is 0 Å². The maximum absolute atomic E-state index is 11.8. The van der Waals surface area contributed by atoms with E-state index < -0.39 is 0 Å². The maximum atomic E-state index is 11.8. The summed E-state index contributed by atoms with van der Waals surface area (Å²) in [5, 5.41) is 0. The Bertz CT molecular complexity index is 461. The average molecular weight is 385 g/mol. The summed E-state index contributed by atoms with van der Waals surface area (Å²) in [6.07, 6.45) is 4.62. The smallest absolute Gasteiger partial charge is 0.253 e. The molecule has 1 aliphatic heterocycles. The predicted octanol–water partition coefficient (Wildman–Crippen LogP) is 1.13. The molecule has 0 atom stereocenters. The molecule has 0 saturated carbocycles. The average Bonchev–Trinajstić information content (AvgIpc) is 2.98. The Balaban J connectivity index is 1.81. The van der Waals surface area contributed by atoms with Gasteiger partial charge in [0.05, 0.1) is 39.6 Å². The van der Waals surface area contributed by atoms with E-state index in [1.54, 1.807) is 0 Å². The molecule has 27 heavy (non-hydrogen) atoms. The van der Waals surface area contributed by atoms with Crippen molar-refractivity contribution in [3.05, 3.63) is 12.2 Å². The Morgan fingerprint density at radius 1 is 0.778 bits per heavy atom. The summed E-state index contributed by atoms with van der Waals surface area (Å²) in [5.74, 6) is -0.694. The molecular weight excluding hydrogens is 354 g/mol. The van der Waals surface area contributed by atoms with E-state index in [2.05, 4.69) is 6.92 Å². The molecule has 0 aromatic heterocycles. The third-order valence-electron chi connectivity index (χ3n) is 3.72. The van der Waals surface area contributed by atoms with E-state index in [0.717, 1.165) is 17.9 Å². The van der Waals surface area contributed by atoms with Gasteiger partial charge >= 0.3 is 0 Å². The molecule has 0 fully saturated rings. The largest absolute Gasteiger partial charge is 0.379 e. The van der Waals surface area contributed by atoms with Gasteiger partial charge in [0, 0.05) is 44.8 Å². The summed E-state index contributed by atoms with van der Waals surface area (Å²) in [6, 6.07) is 0. The molecule has 8 heteroatoms. The molecule has 154 valence electrons. The zero-order valence-corrected chi connectivity index (χ0v) is 16.2. The number of Topliss-reactive ketones (excluding diaryl/α,β-unsaturated/α-hetero) is 1. The molecule has 0 unspecified atom stereocenters. The maximum Gasteiger partial charge on any atom is 0.253 e. The minimum Gasteiger partial charge on any atom is -0.379 e. The standard InChI is InChI=1S/C19H31NO7/c1-2-9-24-11-13-26-15-16-27-14-12-25-10-3-4-17(21)7-8-20-18(22)5-6-19(20)23/h5-6H,2-4,7-16H2,1H3. The zero-order chi connectivity index (χ0) is 19.7. The van der Waals surface area contributed by atoms with Crippen LogP contribution in [-0.2, 0) is 33.3 Å². The topological polar surface area (TPSA) is 91.4 Å². The summed E-state index contributed by atoms with van der Waals surface area (Å²) >= 11 is 0.